The summed E-state index contributed by atoms with van der Waals surface area (Å²) < 4.78 is 0. The van der Waals surface area contributed by atoms with Crippen molar-refractivity contribution in [3.63, 3.8) is 0 Å². The first-order valence-electron chi connectivity index (χ1n) is 2.20. The van der Waals surface area contributed by atoms with Crippen LogP contribution in [0.25, 0.3) is 0 Å². The van der Waals surface area contributed by atoms with Crippen LogP contribution >= 0.6 is 13.5 Å². The smallest absolute Gasteiger partial charge is 0.0313 e. The van der Waals surface area contributed by atoms with Gasteiger partial charge in [0.2, 0.25) is 0 Å². The summed E-state index contributed by atoms with van der Waals surface area (Å²) >= 11 is 0. The number of hydrogen-bond donors (Lipinski definition) is 1. The van der Waals surface area contributed by atoms with E-state index in [4.69, 9.17) is 5.73 Å². The molecule has 3 heteroatoms. The number of rotatable bonds is 0. The third kappa shape index (κ3) is 3.85. The van der Waals surface area contributed by atoms with E-state index >= 15 is 0 Å². The average molecular weight is 147 g/mol. The third-order valence-electron chi connectivity index (χ3n) is 0.800. The van der Waals surface area contributed by atoms with Crippen molar-refractivity contribution in [3.05, 3.63) is 30.3 Å². The molecule has 0 saturated heterocycles. The number of benzene rings is 1. The lowest BCUT2D eigenvalue weighted by Crippen LogP contribution is -1.79. The minimum Gasteiger partial charge on any atom is -0.399 e. The third-order valence-corrected chi connectivity index (χ3v) is 0.800. The number of halogens is 1. The quantitative estimate of drug-likeness (QED) is 0.553. The molecule has 1 rings (SSSR count). The van der Waals surface area contributed by atoms with Gasteiger partial charge in [-0.1, -0.05) is 18.2 Å². The standard InChI is InChI=1S/C6H7N.FH.H2S/c7-6-4-2-1-3-5-6;;/h1-5H,7H2;1H;1H2. The molecule has 0 saturated carbocycles. The lowest BCUT2D eigenvalue weighted by Gasteiger charge is -1.83. The summed E-state index contributed by atoms with van der Waals surface area (Å²) in [4.78, 5) is 0. The Hall–Kier alpha value is -0.700. The zero-order valence-electron chi connectivity index (χ0n) is 4.87. The van der Waals surface area contributed by atoms with Gasteiger partial charge in [0.1, 0.15) is 0 Å². The largest absolute Gasteiger partial charge is 0.399 e. The van der Waals surface area contributed by atoms with Crippen LogP contribution in [0.5, 0.6) is 0 Å². The summed E-state index contributed by atoms with van der Waals surface area (Å²) in [5.74, 6) is 0. The second kappa shape index (κ2) is 5.44. The summed E-state index contributed by atoms with van der Waals surface area (Å²) in [6.07, 6.45) is 0. The summed E-state index contributed by atoms with van der Waals surface area (Å²) in [5.41, 5.74) is 6.18. The van der Waals surface area contributed by atoms with E-state index in [0.717, 1.165) is 5.69 Å². The van der Waals surface area contributed by atoms with Crippen molar-refractivity contribution >= 4 is 19.2 Å². The highest BCUT2D eigenvalue weighted by Crippen LogP contribution is 1.95. The van der Waals surface area contributed by atoms with Gasteiger partial charge in [-0.3, -0.25) is 4.70 Å². The van der Waals surface area contributed by atoms with E-state index in [1.165, 1.54) is 0 Å². The van der Waals surface area contributed by atoms with E-state index in [1.807, 2.05) is 30.3 Å². The first-order chi connectivity index (χ1) is 3.39. The molecule has 0 atom stereocenters. The first-order valence-corrected chi connectivity index (χ1v) is 2.20. The van der Waals surface area contributed by atoms with E-state index < -0.39 is 0 Å². The maximum atomic E-state index is 5.36. The van der Waals surface area contributed by atoms with Gasteiger partial charge in [0.05, 0.1) is 0 Å². The van der Waals surface area contributed by atoms with Gasteiger partial charge in [-0.2, -0.15) is 13.5 Å². The lowest BCUT2D eigenvalue weighted by molar-refractivity contribution is 1.11. The summed E-state index contributed by atoms with van der Waals surface area (Å²) in [6.45, 7) is 0. The molecule has 1 aromatic carbocycles. The van der Waals surface area contributed by atoms with Crippen molar-refractivity contribution in [2.45, 2.75) is 0 Å². The fourth-order valence-electron chi connectivity index (χ4n) is 0.453. The van der Waals surface area contributed by atoms with Crippen LogP contribution in [-0.2, 0) is 0 Å². The van der Waals surface area contributed by atoms with Gasteiger partial charge in [-0.15, -0.1) is 0 Å². The molecule has 0 fully saturated rings. The molecule has 0 amide bonds. The highest BCUT2D eigenvalue weighted by molar-refractivity contribution is 7.59. The summed E-state index contributed by atoms with van der Waals surface area (Å²) in [6, 6.07) is 9.49. The van der Waals surface area contributed by atoms with Crippen LogP contribution in [0, 0.1) is 0 Å². The van der Waals surface area contributed by atoms with E-state index in [2.05, 4.69) is 0 Å². The topological polar surface area (TPSA) is 26.0 Å². The lowest BCUT2D eigenvalue weighted by atomic mass is 10.3. The summed E-state index contributed by atoms with van der Waals surface area (Å²) in [5, 5.41) is 0. The Morgan fingerprint density at radius 1 is 1.00 bits per heavy atom. The second-order valence-corrected chi connectivity index (χ2v) is 1.41. The van der Waals surface area contributed by atoms with Gasteiger partial charge in [0, 0.05) is 5.69 Å². The molecule has 52 valence electrons. The maximum Gasteiger partial charge on any atom is 0.0313 e. The van der Waals surface area contributed by atoms with Gasteiger partial charge in [-0.05, 0) is 12.1 Å². The predicted molar refractivity (Wildman–Crippen MR) is 43.7 cm³/mol. The van der Waals surface area contributed by atoms with Crippen LogP contribution in [0.1, 0.15) is 0 Å². The monoisotopic (exact) mass is 147 g/mol. The molecule has 0 aliphatic rings. The summed E-state index contributed by atoms with van der Waals surface area (Å²) in [7, 11) is 0. The van der Waals surface area contributed by atoms with E-state index in [0.29, 0.717) is 0 Å². The minimum absolute atomic E-state index is 0. The van der Waals surface area contributed by atoms with Crippen molar-refractivity contribution < 1.29 is 4.70 Å². The number of para-hydroxylation sites is 1. The van der Waals surface area contributed by atoms with Crippen molar-refractivity contribution in [2.75, 3.05) is 5.73 Å². The Morgan fingerprint density at radius 2 is 1.44 bits per heavy atom. The normalized spacial score (nSPS) is 6.67. The maximum absolute atomic E-state index is 5.36. The Labute approximate surface area is 60.7 Å². The molecule has 1 aromatic rings. The van der Waals surface area contributed by atoms with Crippen molar-refractivity contribution in [1.29, 1.82) is 0 Å². The Balaban J connectivity index is 0. The van der Waals surface area contributed by atoms with E-state index in [9.17, 15) is 0 Å². The van der Waals surface area contributed by atoms with Gasteiger partial charge in [0.25, 0.3) is 0 Å². The van der Waals surface area contributed by atoms with Crippen LogP contribution in [0.4, 0.5) is 10.4 Å². The fourth-order valence-corrected chi connectivity index (χ4v) is 0.453. The molecule has 0 heterocycles. The highest BCUT2D eigenvalue weighted by atomic mass is 32.1. The number of nitrogen functional groups attached to an aromatic ring is 1. The van der Waals surface area contributed by atoms with Crippen LogP contribution < -0.4 is 5.73 Å². The average Bonchev–Trinajstić information content (AvgIpc) is 1.69. The molecule has 9 heavy (non-hydrogen) atoms. The van der Waals surface area contributed by atoms with Gasteiger partial charge >= 0.3 is 0 Å². The fraction of sp³-hybridized carbons (Fsp3) is 0. The van der Waals surface area contributed by atoms with Crippen LogP contribution in [0.2, 0.25) is 0 Å². The zero-order chi connectivity index (χ0) is 5.11. The molecule has 0 unspecified atom stereocenters. The van der Waals surface area contributed by atoms with Gasteiger partial charge in [0.15, 0.2) is 0 Å². The van der Waals surface area contributed by atoms with Crippen LogP contribution in [-0.4, -0.2) is 0 Å². The molecule has 0 aliphatic carbocycles. The molecule has 2 N–H and O–H groups in total. The number of nitrogens with two attached hydrogens (primary N) is 1. The van der Waals surface area contributed by atoms with E-state index in [1.54, 1.807) is 0 Å². The van der Waals surface area contributed by atoms with Gasteiger partial charge in [-0.25, -0.2) is 0 Å². The number of anilines is 1. The Kier molecular flexibility index (Phi) is 6.73. The molecule has 1 nitrogen and oxygen atoms in total. The van der Waals surface area contributed by atoms with Crippen LogP contribution in [0.15, 0.2) is 30.3 Å². The Bertz CT molecular complexity index is 143. The number of hydrogen-bond acceptors (Lipinski definition) is 1. The molecular weight excluding hydrogens is 137 g/mol. The minimum atomic E-state index is 0. The van der Waals surface area contributed by atoms with E-state index in [-0.39, 0.29) is 18.2 Å². The predicted octanol–water partition coefficient (Wildman–Crippen LogP) is 1.53. The zero-order valence-corrected chi connectivity index (χ0v) is 5.87. The van der Waals surface area contributed by atoms with Crippen LogP contribution in [0.3, 0.4) is 0 Å². The highest BCUT2D eigenvalue weighted by Gasteiger charge is 1.72. The van der Waals surface area contributed by atoms with Crippen molar-refractivity contribution in [3.8, 4) is 0 Å². The molecule has 0 radical (unpaired) electrons. The van der Waals surface area contributed by atoms with Gasteiger partial charge < -0.3 is 5.73 Å². The first kappa shape index (κ1) is 11.1. The molecule has 0 spiro atoms. The van der Waals surface area contributed by atoms with Crippen molar-refractivity contribution in [2.24, 2.45) is 0 Å². The van der Waals surface area contributed by atoms with Crippen molar-refractivity contribution in [1.82, 2.24) is 0 Å². The molecule has 0 aromatic heterocycles. The SMILES string of the molecule is F.Nc1ccccc1.S. The second-order valence-electron chi connectivity index (χ2n) is 1.41. The Morgan fingerprint density at radius 3 is 1.67 bits per heavy atom. The molecule has 0 aliphatic heterocycles. The molecule has 0 bridgehead atoms. The molecular formula is C6H10FNS.